The lowest BCUT2D eigenvalue weighted by molar-refractivity contribution is 0.102. The monoisotopic (exact) mass is 326 g/mol. The van der Waals surface area contributed by atoms with Gasteiger partial charge in [-0.1, -0.05) is 0 Å². The molecule has 24 heavy (non-hydrogen) atoms. The number of phenolic OH excluding ortho intramolecular Hbond substituents is 1. The van der Waals surface area contributed by atoms with E-state index in [1.165, 1.54) is 36.0 Å². The standard InChI is InChI=1S/C15H14N6O3/c1-16-15(24)19-12-8-21-13(18-12)7-6-11(20-21)14(23)17-9-2-4-10(22)5-3-9/h2-8,22H,1H3,(H,17,23)(H2,16,19,24). The highest BCUT2D eigenvalue weighted by Gasteiger charge is 2.11. The second-order valence-corrected chi connectivity index (χ2v) is 4.85. The lowest BCUT2D eigenvalue weighted by Crippen LogP contribution is -2.24. The maximum atomic E-state index is 12.2. The topological polar surface area (TPSA) is 121 Å². The molecule has 0 atom stereocenters. The minimum Gasteiger partial charge on any atom is -0.508 e. The van der Waals surface area contributed by atoms with Crippen molar-refractivity contribution in [1.82, 2.24) is 19.9 Å². The number of rotatable bonds is 3. The van der Waals surface area contributed by atoms with Crippen molar-refractivity contribution in [2.75, 3.05) is 17.7 Å². The van der Waals surface area contributed by atoms with Crippen LogP contribution in [0, 0.1) is 0 Å². The molecule has 0 saturated carbocycles. The van der Waals surface area contributed by atoms with E-state index in [9.17, 15) is 14.7 Å². The Bertz CT molecular complexity index is 903. The molecule has 0 aliphatic carbocycles. The first-order chi connectivity index (χ1) is 11.5. The van der Waals surface area contributed by atoms with Crippen LogP contribution in [0.4, 0.5) is 16.3 Å². The third-order valence-electron chi connectivity index (χ3n) is 3.15. The second-order valence-electron chi connectivity index (χ2n) is 4.85. The Kier molecular flexibility index (Phi) is 3.98. The number of imidazole rings is 1. The zero-order valence-corrected chi connectivity index (χ0v) is 12.6. The van der Waals surface area contributed by atoms with E-state index in [1.807, 2.05) is 0 Å². The summed E-state index contributed by atoms with van der Waals surface area (Å²) in [4.78, 5) is 27.7. The largest absolute Gasteiger partial charge is 0.508 e. The number of aromatic hydroxyl groups is 1. The van der Waals surface area contributed by atoms with E-state index in [0.717, 1.165) is 0 Å². The summed E-state index contributed by atoms with van der Waals surface area (Å²) < 4.78 is 1.40. The number of nitrogens with zero attached hydrogens (tertiary/aromatic N) is 3. The van der Waals surface area contributed by atoms with Crippen molar-refractivity contribution in [2.45, 2.75) is 0 Å². The molecule has 2 aromatic heterocycles. The molecule has 0 saturated heterocycles. The fraction of sp³-hybridized carbons (Fsp3) is 0.0667. The SMILES string of the molecule is CNC(=O)Nc1cn2nc(C(=O)Nc3ccc(O)cc3)ccc2n1. The number of carbonyl (C=O) groups is 2. The quantitative estimate of drug-likeness (QED) is 0.543. The first kappa shape index (κ1) is 15.3. The predicted octanol–water partition coefficient (Wildman–Crippen LogP) is 1.44. The maximum Gasteiger partial charge on any atom is 0.320 e. The van der Waals surface area contributed by atoms with E-state index in [2.05, 4.69) is 26.0 Å². The number of nitrogens with one attached hydrogen (secondary N) is 3. The smallest absolute Gasteiger partial charge is 0.320 e. The van der Waals surface area contributed by atoms with Crippen LogP contribution in [0.2, 0.25) is 0 Å². The van der Waals surface area contributed by atoms with Crippen molar-refractivity contribution in [3.63, 3.8) is 0 Å². The van der Waals surface area contributed by atoms with Crippen LogP contribution in [0.5, 0.6) is 5.75 Å². The summed E-state index contributed by atoms with van der Waals surface area (Å²) >= 11 is 0. The van der Waals surface area contributed by atoms with Gasteiger partial charge in [-0.2, -0.15) is 5.10 Å². The summed E-state index contributed by atoms with van der Waals surface area (Å²) in [6.07, 6.45) is 1.50. The van der Waals surface area contributed by atoms with Crippen molar-refractivity contribution in [1.29, 1.82) is 0 Å². The molecule has 1 aromatic carbocycles. The highest BCUT2D eigenvalue weighted by molar-refractivity contribution is 6.02. The van der Waals surface area contributed by atoms with Gasteiger partial charge in [-0.3, -0.25) is 10.1 Å². The maximum absolute atomic E-state index is 12.2. The van der Waals surface area contributed by atoms with Crippen LogP contribution >= 0.6 is 0 Å². The number of phenols is 1. The van der Waals surface area contributed by atoms with E-state index in [0.29, 0.717) is 17.2 Å². The Hall–Kier alpha value is -3.62. The summed E-state index contributed by atoms with van der Waals surface area (Å²) in [6, 6.07) is 8.85. The average molecular weight is 326 g/mol. The Labute approximate surface area is 136 Å². The zero-order chi connectivity index (χ0) is 17.1. The van der Waals surface area contributed by atoms with E-state index < -0.39 is 11.9 Å². The van der Waals surface area contributed by atoms with E-state index in [-0.39, 0.29) is 11.4 Å². The molecule has 9 heteroatoms. The molecule has 0 unspecified atom stereocenters. The molecular formula is C15H14N6O3. The van der Waals surface area contributed by atoms with Crippen LogP contribution in [-0.4, -0.2) is 38.7 Å². The van der Waals surface area contributed by atoms with Crippen molar-refractivity contribution < 1.29 is 14.7 Å². The summed E-state index contributed by atoms with van der Waals surface area (Å²) in [5.74, 6) is 0.0251. The van der Waals surface area contributed by atoms with Gasteiger partial charge in [-0.05, 0) is 36.4 Å². The van der Waals surface area contributed by atoms with Gasteiger partial charge in [0, 0.05) is 12.7 Å². The van der Waals surface area contributed by atoms with Gasteiger partial charge in [0.05, 0.1) is 6.20 Å². The summed E-state index contributed by atoms with van der Waals surface area (Å²) in [7, 11) is 1.50. The van der Waals surface area contributed by atoms with E-state index >= 15 is 0 Å². The van der Waals surface area contributed by atoms with Crippen LogP contribution in [0.1, 0.15) is 10.5 Å². The highest BCUT2D eigenvalue weighted by atomic mass is 16.3. The van der Waals surface area contributed by atoms with Crippen molar-refractivity contribution >= 4 is 29.1 Å². The lowest BCUT2D eigenvalue weighted by atomic mass is 10.3. The van der Waals surface area contributed by atoms with E-state index in [1.54, 1.807) is 18.2 Å². The molecule has 4 N–H and O–H groups in total. The first-order valence-corrected chi connectivity index (χ1v) is 7.01. The Morgan fingerprint density at radius 2 is 1.83 bits per heavy atom. The molecule has 9 nitrogen and oxygen atoms in total. The lowest BCUT2D eigenvalue weighted by Gasteiger charge is -2.04. The molecule has 0 fully saturated rings. The Morgan fingerprint density at radius 3 is 2.54 bits per heavy atom. The molecular weight excluding hydrogens is 312 g/mol. The number of anilines is 2. The van der Waals surface area contributed by atoms with Gasteiger partial charge >= 0.3 is 6.03 Å². The minimum atomic E-state index is -0.405. The molecule has 0 aliphatic rings. The fourth-order valence-electron chi connectivity index (χ4n) is 1.98. The third-order valence-corrected chi connectivity index (χ3v) is 3.15. The Morgan fingerprint density at radius 1 is 1.08 bits per heavy atom. The second kappa shape index (κ2) is 6.24. The summed E-state index contributed by atoms with van der Waals surface area (Å²) in [6.45, 7) is 0. The summed E-state index contributed by atoms with van der Waals surface area (Å²) in [5.41, 5.74) is 1.20. The van der Waals surface area contributed by atoms with Gasteiger partial charge < -0.3 is 15.7 Å². The first-order valence-electron chi connectivity index (χ1n) is 7.01. The zero-order valence-electron chi connectivity index (χ0n) is 12.6. The molecule has 0 bridgehead atoms. The predicted molar refractivity (Wildman–Crippen MR) is 87.1 cm³/mol. The number of urea groups is 1. The van der Waals surface area contributed by atoms with Crippen LogP contribution in [0.25, 0.3) is 5.65 Å². The number of amides is 3. The van der Waals surface area contributed by atoms with Crippen LogP contribution < -0.4 is 16.0 Å². The number of benzene rings is 1. The molecule has 3 rings (SSSR count). The van der Waals surface area contributed by atoms with Crippen LogP contribution in [0.3, 0.4) is 0 Å². The van der Waals surface area contributed by atoms with Gasteiger partial charge in [0.25, 0.3) is 5.91 Å². The van der Waals surface area contributed by atoms with Crippen molar-refractivity contribution in [2.24, 2.45) is 0 Å². The van der Waals surface area contributed by atoms with Gasteiger partial charge in [0.15, 0.2) is 11.5 Å². The normalized spacial score (nSPS) is 10.4. The van der Waals surface area contributed by atoms with Gasteiger partial charge in [-0.15, -0.1) is 0 Å². The molecule has 122 valence electrons. The fourth-order valence-corrected chi connectivity index (χ4v) is 1.98. The minimum absolute atomic E-state index is 0.113. The molecule has 0 radical (unpaired) electrons. The van der Waals surface area contributed by atoms with Crippen LogP contribution in [-0.2, 0) is 0 Å². The molecule has 0 spiro atoms. The van der Waals surface area contributed by atoms with E-state index in [4.69, 9.17) is 0 Å². The van der Waals surface area contributed by atoms with Crippen molar-refractivity contribution in [3.8, 4) is 5.75 Å². The Balaban J connectivity index is 1.80. The highest BCUT2D eigenvalue weighted by Crippen LogP contribution is 2.15. The number of carbonyl (C=O) groups excluding carboxylic acids is 2. The van der Waals surface area contributed by atoms with Crippen LogP contribution in [0.15, 0.2) is 42.6 Å². The number of hydrogen-bond donors (Lipinski definition) is 4. The molecule has 2 heterocycles. The van der Waals surface area contributed by atoms with Gasteiger partial charge in [-0.25, -0.2) is 14.3 Å². The molecule has 3 aromatic rings. The summed E-state index contributed by atoms with van der Waals surface area (Å²) in [5, 5.41) is 21.0. The average Bonchev–Trinajstić information content (AvgIpc) is 2.97. The number of aromatic nitrogens is 3. The van der Waals surface area contributed by atoms with Gasteiger partial charge in [0.2, 0.25) is 0 Å². The molecule has 0 aliphatic heterocycles. The number of hydrogen-bond acceptors (Lipinski definition) is 5. The van der Waals surface area contributed by atoms with Crippen molar-refractivity contribution in [3.05, 3.63) is 48.3 Å². The van der Waals surface area contributed by atoms with Gasteiger partial charge in [0.1, 0.15) is 11.4 Å². The third kappa shape index (κ3) is 3.24. The molecule has 3 amide bonds. The number of fused-ring (bicyclic) bond motifs is 1.